The Kier molecular flexibility index (Phi) is 5.64. The van der Waals surface area contributed by atoms with Crippen molar-refractivity contribution in [2.45, 2.75) is 31.6 Å². The standard InChI is InChI=1S/C26H22FN3O2S/c1-15-23(26(32)30-19-8-6-18(27)7-9-19)24(16-4-2-10-28-14-16)25-20(29-15)12-17(13-21(25)31)22-5-3-11-33-22/h2-11,14,17,24,29H,12-13H2,1H3,(H,30,32)/t17-,24+/m0/s1. The zero-order valence-corrected chi connectivity index (χ0v) is 18.8. The average molecular weight is 460 g/mol. The molecule has 2 N–H and O–H groups in total. The highest BCUT2D eigenvalue weighted by atomic mass is 32.1. The smallest absolute Gasteiger partial charge is 0.254 e. The van der Waals surface area contributed by atoms with Gasteiger partial charge in [-0.05, 0) is 60.7 Å². The number of thiophene rings is 1. The molecular formula is C26H22FN3O2S. The highest BCUT2D eigenvalue weighted by molar-refractivity contribution is 7.10. The highest BCUT2D eigenvalue weighted by Crippen LogP contribution is 2.46. The van der Waals surface area contributed by atoms with Crippen molar-refractivity contribution in [2.75, 3.05) is 5.32 Å². The predicted octanol–water partition coefficient (Wildman–Crippen LogP) is 5.28. The van der Waals surface area contributed by atoms with Crippen LogP contribution in [0.5, 0.6) is 0 Å². The van der Waals surface area contributed by atoms with E-state index in [0.717, 1.165) is 11.3 Å². The number of anilines is 1. The molecule has 2 aliphatic rings. The average Bonchev–Trinajstić information content (AvgIpc) is 3.35. The summed E-state index contributed by atoms with van der Waals surface area (Å²) in [6, 6.07) is 13.4. The summed E-state index contributed by atoms with van der Waals surface area (Å²) < 4.78 is 13.3. The van der Waals surface area contributed by atoms with Crippen molar-refractivity contribution in [1.82, 2.24) is 10.3 Å². The number of rotatable bonds is 4. The molecule has 0 saturated heterocycles. The largest absolute Gasteiger partial charge is 0.362 e. The predicted molar refractivity (Wildman–Crippen MR) is 126 cm³/mol. The van der Waals surface area contributed by atoms with Gasteiger partial charge in [0.1, 0.15) is 5.82 Å². The van der Waals surface area contributed by atoms with Crippen LogP contribution < -0.4 is 10.6 Å². The minimum absolute atomic E-state index is 0.0376. The monoisotopic (exact) mass is 459 g/mol. The molecule has 0 saturated carbocycles. The number of benzene rings is 1. The lowest BCUT2D eigenvalue weighted by Crippen LogP contribution is -2.37. The molecule has 1 aliphatic carbocycles. The van der Waals surface area contributed by atoms with Crippen molar-refractivity contribution in [3.05, 3.63) is 105 Å². The molecule has 1 aliphatic heterocycles. The van der Waals surface area contributed by atoms with Crippen molar-refractivity contribution in [3.8, 4) is 0 Å². The molecule has 0 fully saturated rings. The van der Waals surface area contributed by atoms with Gasteiger partial charge in [0.05, 0.1) is 0 Å². The maximum atomic E-state index is 13.5. The van der Waals surface area contributed by atoms with E-state index in [1.165, 1.54) is 29.1 Å². The van der Waals surface area contributed by atoms with Crippen molar-refractivity contribution < 1.29 is 14.0 Å². The van der Waals surface area contributed by atoms with Crippen molar-refractivity contribution >= 4 is 28.7 Å². The van der Waals surface area contributed by atoms with Crippen LogP contribution in [-0.2, 0) is 9.59 Å². The molecule has 1 aromatic carbocycles. The summed E-state index contributed by atoms with van der Waals surface area (Å²) in [6.45, 7) is 1.85. The van der Waals surface area contributed by atoms with Gasteiger partial charge in [0.15, 0.2) is 5.78 Å². The number of amides is 1. The van der Waals surface area contributed by atoms with Gasteiger partial charge in [-0.15, -0.1) is 11.3 Å². The third-order valence-corrected chi connectivity index (χ3v) is 7.17. The second-order valence-corrected chi connectivity index (χ2v) is 9.26. The Morgan fingerprint density at radius 3 is 2.67 bits per heavy atom. The van der Waals surface area contributed by atoms with E-state index < -0.39 is 5.92 Å². The molecule has 3 aromatic rings. The summed E-state index contributed by atoms with van der Waals surface area (Å²) in [7, 11) is 0. The van der Waals surface area contributed by atoms with E-state index in [9.17, 15) is 14.0 Å². The number of hydrogen-bond donors (Lipinski definition) is 2. The van der Waals surface area contributed by atoms with Crippen LogP contribution in [0.1, 0.15) is 42.0 Å². The molecular weight excluding hydrogens is 437 g/mol. The normalized spacial score (nSPS) is 20.4. The van der Waals surface area contributed by atoms with E-state index >= 15 is 0 Å². The van der Waals surface area contributed by atoms with Gasteiger partial charge in [0.2, 0.25) is 0 Å². The third kappa shape index (κ3) is 4.12. The molecule has 1 amide bonds. The molecule has 2 aromatic heterocycles. The van der Waals surface area contributed by atoms with Crippen LogP contribution in [0.3, 0.4) is 0 Å². The third-order valence-electron chi connectivity index (χ3n) is 6.14. The van der Waals surface area contributed by atoms with Crippen LogP contribution in [0, 0.1) is 5.82 Å². The Morgan fingerprint density at radius 1 is 1.15 bits per heavy atom. The van der Waals surface area contributed by atoms with Crippen LogP contribution in [0.15, 0.2) is 88.8 Å². The van der Waals surface area contributed by atoms with Gasteiger partial charge in [-0.25, -0.2) is 4.39 Å². The molecule has 166 valence electrons. The van der Waals surface area contributed by atoms with E-state index in [2.05, 4.69) is 21.7 Å². The number of pyridine rings is 1. The number of nitrogens with one attached hydrogen (secondary N) is 2. The lowest BCUT2D eigenvalue weighted by atomic mass is 9.73. The van der Waals surface area contributed by atoms with E-state index in [4.69, 9.17) is 0 Å². The molecule has 7 heteroatoms. The van der Waals surface area contributed by atoms with Gasteiger partial charge in [-0.2, -0.15) is 0 Å². The molecule has 5 rings (SSSR count). The van der Waals surface area contributed by atoms with E-state index in [1.807, 2.05) is 30.5 Å². The quantitative estimate of drug-likeness (QED) is 0.557. The lowest BCUT2D eigenvalue weighted by molar-refractivity contribution is -0.116. The van der Waals surface area contributed by atoms with Gasteiger partial charge in [0, 0.05) is 63.8 Å². The highest BCUT2D eigenvalue weighted by Gasteiger charge is 2.41. The van der Waals surface area contributed by atoms with Crippen molar-refractivity contribution in [1.29, 1.82) is 0 Å². The molecule has 5 nitrogen and oxygen atoms in total. The summed E-state index contributed by atoms with van der Waals surface area (Å²) in [5, 5.41) is 8.25. The van der Waals surface area contributed by atoms with E-state index in [1.54, 1.807) is 23.7 Å². The number of carbonyl (C=O) groups excluding carboxylic acids is 2. The van der Waals surface area contributed by atoms with Crippen molar-refractivity contribution in [3.63, 3.8) is 0 Å². The first-order chi connectivity index (χ1) is 16.0. The summed E-state index contributed by atoms with van der Waals surface area (Å²) >= 11 is 1.66. The second kappa shape index (κ2) is 8.75. The number of nitrogens with zero attached hydrogens (tertiary/aromatic N) is 1. The van der Waals surface area contributed by atoms with Gasteiger partial charge in [-0.1, -0.05) is 12.1 Å². The van der Waals surface area contributed by atoms with Gasteiger partial charge >= 0.3 is 0 Å². The van der Waals surface area contributed by atoms with Crippen molar-refractivity contribution in [2.24, 2.45) is 0 Å². The number of dihydropyridines is 1. The zero-order valence-electron chi connectivity index (χ0n) is 18.0. The maximum absolute atomic E-state index is 13.5. The maximum Gasteiger partial charge on any atom is 0.254 e. The number of carbonyl (C=O) groups is 2. The zero-order chi connectivity index (χ0) is 22.9. The van der Waals surface area contributed by atoms with Crippen LogP contribution in [0.4, 0.5) is 10.1 Å². The van der Waals surface area contributed by atoms with E-state index in [-0.39, 0.29) is 23.4 Å². The summed E-state index contributed by atoms with van der Waals surface area (Å²) in [5.41, 5.74) is 3.94. The fourth-order valence-corrected chi connectivity index (χ4v) is 5.51. The van der Waals surface area contributed by atoms with Crippen LogP contribution in [-0.4, -0.2) is 16.7 Å². The van der Waals surface area contributed by atoms with Gasteiger partial charge in [-0.3, -0.25) is 14.6 Å². The Labute approximate surface area is 195 Å². The first-order valence-corrected chi connectivity index (χ1v) is 11.6. The molecule has 0 radical (unpaired) electrons. The number of ketones is 1. The Morgan fingerprint density at radius 2 is 1.97 bits per heavy atom. The van der Waals surface area contributed by atoms with Crippen LogP contribution in [0.25, 0.3) is 0 Å². The molecule has 3 heterocycles. The van der Waals surface area contributed by atoms with Gasteiger partial charge in [0.25, 0.3) is 5.91 Å². The number of allylic oxidation sites excluding steroid dienone is 3. The molecule has 0 spiro atoms. The Balaban J connectivity index is 1.54. The van der Waals surface area contributed by atoms with Crippen LogP contribution >= 0.6 is 11.3 Å². The number of halogens is 1. The van der Waals surface area contributed by atoms with Crippen LogP contribution in [0.2, 0.25) is 0 Å². The summed E-state index contributed by atoms with van der Waals surface area (Å²) in [4.78, 5) is 32.3. The minimum atomic E-state index is -0.521. The minimum Gasteiger partial charge on any atom is -0.362 e. The first-order valence-electron chi connectivity index (χ1n) is 10.8. The Bertz CT molecular complexity index is 1260. The topological polar surface area (TPSA) is 71.1 Å². The second-order valence-electron chi connectivity index (χ2n) is 8.28. The lowest BCUT2D eigenvalue weighted by Gasteiger charge is -2.36. The number of hydrogen-bond acceptors (Lipinski definition) is 5. The molecule has 33 heavy (non-hydrogen) atoms. The fourth-order valence-electron chi connectivity index (χ4n) is 4.68. The van der Waals surface area contributed by atoms with E-state index in [0.29, 0.717) is 35.4 Å². The molecule has 0 unspecified atom stereocenters. The number of aromatic nitrogens is 1. The SMILES string of the molecule is CC1=C(C(=O)Nc2ccc(F)cc2)[C@@H](c2cccnc2)C2=C(C[C@H](c3cccs3)CC2=O)N1. The summed E-state index contributed by atoms with van der Waals surface area (Å²) in [6.07, 6.45) is 4.49. The molecule has 0 bridgehead atoms. The summed E-state index contributed by atoms with van der Waals surface area (Å²) in [5.74, 6) is -1.07. The number of Topliss-reactive ketones (excluding diaryl/α,β-unsaturated/α-hetero) is 1. The first kappa shape index (κ1) is 21.3. The fraction of sp³-hybridized carbons (Fsp3) is 0.192. The Hall–Kier alpha value is -3.58. The molecule has 2 atom stereocenters. The van der Waals surface area contributed by atoms with Gasteiger partial charge < -0.3 is 10.6 Å².